The van der Waals surface area contributed by atoms with Crippen molar-refractivity contribution in [3.63, 3.8) is 0 Å². The number of benzene rings is 4. The number of fused-ring (bicyclic) bond motifs is 6. The minimum absolute atomic E-state index is 0.0187. The average molecular weight is 1070 g/mol. The molecule has 5 aromatic rings. The van der Waals surface area contributed by atoms with Crippen LogP contribution >= 0.6 is 0 Å². The predicted molar refractivity (Wildman–Crippen MR) is 268 cm³/mol. The zero-order valence-electron chi connectivity index (χ0n) is 39.9. The van der Waals surface area contributed by atoms with Crippen LogP contribution < -0.4 is 10.2 Å². The van der Waals surface area contributed by atoms with Gasteiger partial charge in [0, 0.05) is 76.6 Å². The lowest BCUT2D eigenvalue weighted by Crippen LogP contribution is -2.28. The van der Waals surface area contributed by atoms with Gasteiger partial charge in [0.1, 0.15) is 21.6 Å². The summed E-state index contributed by atoms with van der Waals surface area (Å²) in [4.78, 5) is 27.6. The summed E-state index contributed by atoms with van der Waals surface area (Å²) in [5.41, 5.74) is 2.53. The predicted octanol–water partition coefficient (Wildman–Crippen LogP) is 7.14. The second kappa shape index (κ2) is 19.3. The third-order valence-electron chi connectivity index (χ3n) is 13.1. The quantitative estimate of drug-likeness (QED) is 0.0267. The second-order valence-corrected chi connectivity index (χ2v) is 23.9. The first kappa shape index (κ1) is 53.6. The van der Waals surface area contributed by atoms with Crippen molar-refractivity contribution in [2.75, 3.05) is 24.5 Å². The molecule has 2 aliphatic heterocycles. The van der Waals surface area contributed by atoms with Crippen molar-refractivity contribution in [3.8, 4) is 0 Å². The fraction of sp³-hybridized carbons (Fsp3) is 0.306. The Kier molecular flexibility index (Phi) is 14.4. The number of likely N-dealkylation sites (N-methyl/N-ethyl adjacent to an activating group) is 1. The number of rotatable bonds is 17. The van der Waals surface area contributed by atoms with Crippen LogP contribution in [0.2, 0.25) is 0 Å². The summed E-state index contributed by atoms with van der Waals surface area (Å²) < 4.78 is 145. The molecule has 0 unspecified atom stereocenters. The monoisotopic (exact) mass is 1060 g/mol. The van der Waals surface area contributed by atoms with Crippen LogP contribution in [0.15, 0.2) is 116 Å². The van der Waals surface area contributed by atoms with Crippen LogP contribution in [0.1, 0.15) is 94.4 Å². The van der Waals surface area contributed by atoms with Crippen molar-refractivity contribution >= 4 is 96.6 Å². The number of carbonyl (C=O) groups is 2. The van der Waals surface area contributed by atoms with Crippen LogP contribution in [0.3, 0.4) is 0 Å². The molecular weight excluding hydrogens is 1010 g/mol. The first-order chi connectivity index (χ1) is 33.4. The van der Waals surface area contributed by atoms with E-state index in [1.54, 1.807) is 42.5 Å². The maximum absolute atomic E-state index is 13.2. The van der Waals surface area contributed by atoms with E-state index in [1.165, 1.54) is 18.3 Å². The molecule has 382 valence electrons. The number of carboxylic acids is 1. The topological polar surface area (TPSA) is 306 Å². The number of nitrogens with zero attached hydrogens (tertiary/aromatic N) is 3. The smallest absolute Gasteiger partial charge is 0.303 e. The Morgan fingerprint density at radius 2 is 1.36 bits per heavy atom. The first-order valence-corrected chi connectivity index (χ1v) is 28.3. The lowest BCUT2D eigenvalue weighted by Gasteiger charge is -2.26. The van der Waals surface area contributed by atoms with Crippen LogP contribution in [0.5, 0.6) is 0 Å². The van der Waals surface area contributed by atoms with E-state index in [9.17, 15) is 61.5 Å². The highest BCUT2D eigenvalue weighted by Crippen LogP contribution is 2.52. The van der Waals surface area contributed by atoms with Crippen LogP contribution in [0.25, 0.3) is 27.1 Å². The minimum Gasteiger partial charge on any atom is -0.744 e. The van der Waals surface area contributed by atoms with Gasteiger partial charge in [-0.2, -0.15) is 29.8 Å². The van der Waals surface area contributed by atoms with Crippen LogP contribution in [0, 0.1) is 0 Å². The zero-order chi connectivity index (χ0) is 53.1. The fourth-order valence-electron chi connectivity index (χ4n) is 9.82. The summed E-state index contributed by atoms with van der Waals surface area (Å²) in [5, 5.41) is 12.0. The van der Waals surface area contributed by atoms with Crippen molar-refractivity contribution in [1.82, 2.24) is 10.3 Å². The molecular formula is C49H52N4O15S4. The fourth-order valence-corrected chi connectivity index (χ4v) is 12.5. The molecule has 0 saturated heterocycles. The summed E-state index contributed by atoms with van der Waals surface area (Å²) in [6.07, 6.45) is 10.2. The van der Waals surface area contributed by atoms with Gasteiger partial charge in [-0.3, -0.25) is 28.2 Å². The molecule has 1 aromatic heterocycles. The number of anilines is 1. The standard InChI is InChI=1S/C49H52N4O15S4/c1-7-52-38-19-16-33-35(24-31(69(57,58)59)26-40(33)71(63,64)65)45(38)48(3,4)42(52)21-14-29(37-18-13-30(28-51-37)47(56)50-23-11-9-10-12-44(54)55)15-22-43-49(5,6)46-36-25-32(70(60,61)62)27-41(72(66,67)68)34(36)17-20-39(46)53(43)8-2/h13-22,24-28H,7-12,23H2,1-6H3,(H5-,50,54,55,56,57,58,59,60,61,62,63,64,65,66,67,68). The second-order valence-electron chi connectivity index (χ2n) is 18.4. The van der Waals surface area contributed by atoms with Gasteiger partial charge in [0.15, 0.2) is 5.71 Å². The summed E-state index contributed by atoms with van der Waals surface area (Å²) in [6, 6.07) is 13.0. The Labute approximate surface area is 417 Å². The number of aliphatic carboxylic acids is 1. The number of hydrogen-bond acceptors (Lipinski definition) is 13. The number of aromatic nitrogens is 1. The minimum atomic E-state index is -5.24. The van der Waals surface area contributed by atoms with Gasteiger partial charge in [0.2, 0.25) is 5.69 Å². The number of unbranched alkanes of at least 4 members (excludes halogenated alkanes) is 2. The Hall–Kier alpha value is -6.18. The first-order valence-electron chi connectivity index (χ1n) is 22.5. The molecule has 0 fully saturated rings. The van der Waals surface area contributed by atoms with E-state index >= 15 is 0 Å². The Bertz CT molecular complexity index is 3710. The van der Waals surface area contributed by atoms with E-state index < -0.39 is 82.8 Å². The van der Waals surface area contributed by atoms with Gasteiger partial charge in [-0.25, -0.2) is 8.42 Å². The maximum atomic E-state index is 13.2. The summed E-state index contributed by atoms with van der Waals surface area (Å²) >= 11 is 0. The van der Waals surface area contributed by atoms with Crippen LogP contribution in [0.4, 0.5) is 11.4 Å². The molecule has 2 aliphatic rings. The molecule has 7 rings (SSSR count). The van der Waals surface area contributed by atoms with Crippen molar-refractivity contribution in [1.29, 1.82) is 0 Å². The lowest BCUT2D eigenvalue weighted by molar-refractivity contribution is -0.433. The van der Waals surface area contributed by atoms with E-state index in [2.05, 4.69) is 10.3 Å². The van der Waals surface area contributed by atoms with E-state index in [4.69, 9.17) is 5.11 Å². The van der Waals surface area contributed by atoms with Gasteiger partial charge >= 0.3 is 5.97 Å². The Morgan fingerprint density at radius 3 is 1.92 bits per heavy atom. The third-order valence-corrected chi connectivity index (χ3v) is 16.5. The molecule has 72 heavy (non-hydrogen) atoms. The molecule has 19 nitrogen and oxygen atoms in total. The molecule has 0 bridgehead atoms. The zero-order valence-corrected chi connectivity index (χ0v) is 43.1. The number of carbonyl (C=O) groups excluding carboxylic acids is 1. The lowest BCUT2D eigenvalue weighted by atomic mass is 9.79. The molecule has 4 aromatic carbocycles. The Balaban J connectivity index is 1.38. The number of allylic oxidation sites excluding steroid dienone is 6. The summed E-state index contributed by atoms with van der Waals surface area (Å²) in [6.45, 7) is 12.1. The van der Waals surface area contributed by atoms with Gasteiger partial charge in [-0.15, -0.1) is 0 Å². The highest BCUT2D eigenvalue weighted by atomic mass is 32.2. The van der Waals surface area contributed by atoms with Gasteiger partial charge in [-0.05, 0) is 118 Å². The number of nitrogens with one attached hydrogen (secondary N) is 1. The number of pyridine rings is 1. The number of carboxylic acid groups (broad SMARTS) is 1. The van der Waals surface area contributed by atoms with Crippen molar-refractivity contribution in [2.24, 2.45) is 0 Å². The van der Waals surface area contributed by atoms with Gasteiger partial charge in [0.25, 0.3) is 36.3 Å². The van der Waals surface area contributed by atoms with Crippen LogP contribution in [-0.2, 0) is 56.1 Å². The van der Waals surface area contributed by atoms with Crippen molar-refractivity contribution < 1.29 is 71.2 Å². The molecule has 0 atom stereocenters. The number of amides is 1. The highest BCUT2D eigenvalue weighted by molar-refractivity contribution is 7.87. The van der Waals surface area contributed by atoms with E-state index in [0.29, 0.717) is 96.2 Å². The van der Waals surface area contributed by atoms with Crippen molar-refractivity contribution in [3.05, 3.63) is 119 Å². The summed E-state index contributed by atoms with van der Waals surface area (Å²) in [7, 11) is -20.2. The van der Waals surface area contributed by atoms with Gasteiger partial charge in [0.05, 0.1) is 31.4 Å². The molecule has 23 heteroatoms. The molecule has 0 radical (unpaired) electrons. The largest absolute Gasteiger partial charge is 0.744 e. The number of hydrogen-bond donors (Lipinski definition) is 5. The molecule has 0 spiro atoms. The maximum Gasteiger partial charge on any atom is 0.303 e. The normalized spacial score (nSPS) is 16.6. The van der Waals surface area contributed by atoms with E-state index in [0.717, 1.165) is 12.1 Å². The third kappa shape index (κ3) is 10.2. The summed E-state index contributed by atoms with van der Waals surface area (Å²) in [5.74, 6) is -1.30. The van der Waals surface area contributed by atoms with E-state index in [1.807, 2.05) is 57.1 Å². The molecule has 1 amide bonds. The van der Waals surface area contributed by atoms with Crippen molar-refractivity contribution in [2.45, 2.75) is 97.6 Å². The SMILES string of the molecule is CCN1/C(=C/C=C(/C=C/C2=[N+](CC)c3ccc4c(S(=O)(=O)[O-])cc(S(=O)(=O)O)cc4c3C2(C)C)c2ccc(C(=O)NCCCCCC(=O)O)cn2)C(C)(C)c2c1ccc1c(S(=O)(=O)O)cc(S(=O)(=O)O)cc21. The van der Waals surface area contributed by atoms with Gasteiger partial charge < -0.3 is 19.9 Å². The average Bonchev–Trinajstić information content (AvgIpc) is 3.65. The van der Waals surface area contributed by atoms with Crippen LogP contribution in [-0.4, -0.2) is 104 Å². The molecule has 3 heterocycles. The highest BCUT2D eigenvalue weighted by Gasteiger charge is 2.46. The van der Waals surface area contributed by atoms with Gasteiger partial charge in [-0.1, -0.05) is 32.4 Å². The molecule has 5 N–H and O–H groups in total. The Morgan fingerprint density at radius 1 is 0.750 bits per heavy atom. The molecule has 0 saturated carbocycles. The molecule has 0 aliphatic carbocycles. The van der Waals surface area contributed by atoms with E-state index in [-0.39, 0.29) is 33.5 Å².